The minimum Gasteiger partial charge on any atom is -0.396 e. The molecule has 2 rings (SSSR count). The van der Waals surface area contributed by atoms with Crippen molar-refractivity contribution in [2.45, 2.75) is 19.3 Å². The Labute approximate surface area is 137 Å². The van der Waals surface area contributed by atoms with Gasteiger partial charge in [0.15, 0.2) is 10.8 Å². The molecule has 0 saturated carbocycles. The van der Waals surface area contributed by atoms with Crippen LogP contribution in [0.1, 0.15) is 29.8 Å². The number of nitrogens with one attached hydrogen (secondary N) is 1. The standard InChI is InChI=1S/C13H13Cl3N4O/c14-8-10(17)9(15)12(16)19-11(8)13(21)20-18-6-7-4-2-1-3-5-7/h1-2,6-7H,3-5H2,(H2,17,19)(H,20,21)/b18-6+/t7-/m1/s1. The van der Waals surface area contributed by atoms with Gasteiger partial charge in [-0.2, -0.15) is 5.10 Å². The van der Waals surface area contributed by atoms with E-state index >= 15 is 0 Å². The number of hydrogen-bond acceptors (Lipinski definition) is 4. The molecule has 0 spiro atoms. The van der Waals surface area contributed by atoms with Crippen molar-refractivity contribution in [1.82, 2.24) is 10.4 Å². The SMILES string of the molecule is Nc1c(Cl)c(Cl)nc(C(=O)N/N=C/[C@@H]2CC=CCC2)c1Cl. The van der Waals surface area contributed by atoms with Gasteiger partial charge in [-0.25, -0.2) is 10.4 Å². The molecule has 1 aliphatic carbocycles. The van der Waals surface area contributed by atoms with Crippen LogP contribution in [-0.4, -0.2) is 17.1 Å². The first-order chi connectivity index (χ1) is 10.0. The number of nitrogens with zero attached hydrogens (tertiary/aromatic N) is 2. The highest BCUT2D eigenvalue weighted by atomic mass is 35.5. The van der Waals surface area contributed by atoms with Gasteiger partial charge in [-0.15, -0.1) is 0 Å². The Bertz CT molecular complexity index is 616. The van der Waals surface area contributed by atoms with Crippen LogP contribution in [0.5, 0.6) is 0 Å². The third kappa shape index (κ3) is 3.87. The lowest BCUT2D eigenvalue weighted by atomic mass is 9.96. The van der Waals surface area contributed by atoms with Crippen LogP contribution in [0.25, 0.3) is 0 Å². The van der Waals surface area contributed by atoms with Crippen molar-refractivity contribution in [1.29, 1.82) is 0 Å². The van der Waals surface area contributed by atoms with Gasteiger partial charge in [0, 0.05) is 6.21 Å². The molecule has 8 heteroatoms. The molecule has 1 amide bonds. The van der Waals surface area contributed by atoms with Crippen molar-refractivity contribution in [2.24, 2.45) is 11.0 Å². The van der Waals surface area contributed by atoms with E-state index in [9.17, 15) is 4.79 Å². The van der Waals surface area contributed by atoms with Crippen molar-refractivity contribution in [3.63, 3.8) is 0 Å². The third-order valence-corrected chi connectivity index (χ3v) is 4.18. The van der Waals surface area contributed by atoms with Crippen molar-refractivity contribution < 1.29 is 4.79 Å². The topological polar surface area (TPSA) is 80.4 Å². The summed E-state index contributed by atoms with van der Waals surface area (Å²) in [6.45, 7) is 0. The number of carbonyl (C=O) groups excluding carboxylic acids is 1. The van der Waals surface area contributed by atoms with Crippen molar-refractivity contribution in [2.75, 3.05) is 5.73 Å². The van der Waals surface area contributed by atoms with Crippen molar-refractivity contribution in [3.8, 4) is 0 Å². The number of nitrogens with two attached hydrogens (primary N) is 1. The molecule has 0 aromatic carbocycles. The number of hydrogen-bond donors (Lipinski definition) is 2. The van der Waals surface area contributed by atoms with Crippen LogP contribution in [0.2, 0.25) is 15.2 Å². The summed E-state index contributed by atoms with van der Waals surface area (Å²) >= 11 is 17.5. The van der Waals surface area contributed by atoms with Crippen LogP contribution in [0, 0.1) is 5.92 Å². The predicted octanol–water partition coefficient (Wildman–Crippen LogP) is 3.70. The first kappa shape index (κ1) is 16.1. The van der Waals surface area contributed by atoms with E-state index in [1.54, 1.807) is 6.21 Å². The fraction of sp³-hybridized carbons (Fsp3) is 0.308. The molecule has 112 valence electrons. The first-order valence-electron chi connectivity index (χ1n) is 6.29. The van der Waals surface area contributed by atoms with Gasteiger partial charge in [-0.1, -0.05) is 47.0 Å². The molecule has 0 radical (unpaired) electrons. The van der Waals surface area contributed by atoms with E-state index in [1.807, 2.05) is 0 Å². The van der Waals surface area contributed by atoms with Gasteiger partial charge in [0.1, 0.15) is 5.02 Å². The quantitative estimate of drug-likeness (QED) is 0.379. The van der Waals surface area contributed by atoms with Crippen molar-refractivity contribution >= 4 is 52.6 Å². The molecule has 1 aromatic heterocycles. The highest BCUT2D eigenvalue weighted by Gasteiger charge is 2.19. The molecule has 1 atom stereocenters. The van der Waals surface area contributed by atoms with Gasteiger partial charge < -0.3 is 5.73 Å². The van der Waals surface area contributed by atoms with Gasteiger partial charge in [-0.3, -0.25) is 4.79 Å². The van der Waals surface area contributed by atoms with E-state index in [0.717, 1.165) is 19.3 Å². The lowest BCUT2D eigenvalue weighted by Gasteiger charge is -2.12. The Morgan fingerprint density at radius 2 is 2.14 bits per heavy atom. The van der Waals surface area contributed by atoms with E-state index in [-0.39, 0.29) is 26.6 Å². The van der Waals surface area contributed by atoms with Gasteiger partial charge in [0.05, 0.1) is 10.7 Å². The molecule has 21 heavy (non-hydrogen) atoms. The average molecular weight is 348 g/mol. The summed E-state index contributed by atoms with van der Waals surface area (Å²) in [5.41, 5.74) is 7.93. The lowest BCUT2D eigenvalue weighted by Crippen LogP contribution is -2.21. The number of hydrazone groups is 1. The summed E-state index contributed by atoms with van der Waals surface area (Å²) in [6, 6.07) is 0. The summed E-state index contributed by atoms with van der Waals surface area (Å²) in [5, 5.41) is 3.82. The number of amides is 1. The smallest absolute Gasteiger partial charge is 0.291 e. The Balaban J connectivity index is 2.07. The third-order valence-electron chi connectivity index (χ3n) is 3.05. The minimum atomic E-state index is -0.590. The van der Waals surface area contributed by atoms with E-state index in [0.29, 0.717) is 5.92 Å². The molecule has 5 nitrogen and oxygen atoms in total. The number of anilines is 1. The second-order valence-electron chi connectivity index (χ2n) is 4.56. The highest BCUT2D eigenvalue weighted by molar-refractivity contribution is 6.46. The molecule has 0 unspecified atom stereocenters. The van der Waals surface area contributed by atoms with E-state index in [4.69, 9.17) is 40.5 Å². The molecule has 0 aliphatic heterocycles. The van der Waals surface area contributed by atoms with Crippen molar-refractivity contribution in [3.05, 3.63) is 33.0 Å². The van der Waals surface area contributed by atoms with Crippen LogP contribution in [0.4, 0.5) is 5.69 Å². The maximum absolute atomic E-state index is 12.0. The highest BCUT2D eigenvalue weighted by Crippen LogP contribution is 2.34. The maximum Gasteiger partial charge on any atom is 0.291 e. The minimum absolute atomic E-state index is 0.0184. The van der Waals surface area contributed by atoms with E-state index in [2.05, 4.69) is 27.7 Å². The normalized spacial score (nSPS) is 18.1. The van der Waals surface area contributed by atoms with Gasteiger partial charge >= 0.3 is 0 Å². The molecule has 0 saturated heterocycles. The Morgan fingerprint density at radius 3 is 2.81 bits per heavy atom. The second-order valence-corrected chi connectivity index (χ2v) is 5.67. The molecule has 1 heterocycles. The number of nitrogen functional groups attached to an aromatic ring is 1. The van der Waals surface area contributed by atoms with E-state index in [1.165, 1.54) is 0 Å². The second kappa shape index (κ2) is 7.11. The number of aromatic nitrogens is 1. The van der Waals surface area contributed by atoms with Crippen LogP contribution in [0.3, 0.4) is 0 Å². The number of carbonyl (C=O) groups is 1. The molecular formula is C13H13Cl3N4O. The van der Waals surface area contributed by atoms with Crippen LogP contribution < -0.4 is 11.2 Å². The first-order valence-corrected chi connectivity index (χ1v) is 7.42. The summed E-state index contributed by atoms with van der Waals surface area (Å²) < 4.78 is 0. The van der Waals surface area contributed by atoms with Crippen LogP contribution in [-0.2, 0) is 0 Å². The molecule has 0 fully saturated rings. The zero-order valence-electron chi connectivity index (χ0n) is 10.9. The van der Waals surface area contributed by atoms with Gasteiger partial charge in [0.25, 0.3) is 5.91 Å². The molecule has 1 aliphatic rings. The Kier molecular flexibility index (Phi) is 5.45. The summed E-state index contributed by atoms with van der Waals surface area (Å²) in [5.74, 6) is -0.273. The monoisotopic (exact) mass is 346 g/mol. The number of halogens is 3. The molecule has 1 aromatic rings. The Hall–Kier alpha value is -1.30. The van der Waals surface area contributed by atoms with Gasteiger partial charge in [0.2, 0.25) is 0 Å². The lowest BCUT2D eigenvalue weighted by molar-refractivity contribution is 0.0950. The summed E-state index contributed by atoms with van der Waals surface area (Å²) in [6.07, 6.45) is 8.87. The van der Waals surface area contributed by atoms with Crippen LogP contribution >= 0.6 is 34.8 Å². The van der Waals surface area contributed by atoms with E-state index < -0.39 is 5.91 Å². The molecule has 0 bridgehead atoms. The van der Waals surface area contributed by atoms with Crippen LogP contribution in [0.15, 0.2) is 17.3 Å². The summed E-state index contributed by atoms with van der Waals surface area (Å²) in [7, 11) is 0. The van der Waals surface area contributed by atoms with Gasteiger partial charge in [-0.05, 0) is 25.2 Å². The Morgan fingerprint density at radius 1 is 1.38 bits per heavy atom. The molecular weight excluding hydrogens is 335 g/mol. The zero-order valence-corrected chi connectivity index (χ0v) is 13.2. The predicted molar refractivity (Wildman–Crippen MR) is 86.1 cm³/mol. The fourth-order valence-electron chi connectivity index (χ4n) is 1.89. The largest absolute Gasteiger partial charge is 0.396 e. The fourth-order valence-corrected chi connectivity index (χ4v) is 2.48. The number of allylic oxidation sites excluding steroid dienone is 2. The zero-order chi connectivity index (χ0) is 15.4. The maximum atomic E-state index is 12.0. The average Bonchev–Trinajstić information content (AvgIpc) is 2.49. The molecule has 3 N–H and O–H groups in total. The summed E-state index contributed by atoms with van der Waals surface area (Å²) in [4.78, 5) is 15.8. The number of rotatable bonds is 3. The number of pyridine rings is 1.